The van der Waals surface area contributed by atoms with Crippen LogP contribution in [0.1, 0.15) is 6.42 Å². The van der Waals surface area contributed by atoms with Crippen LogP contribution in [0.3, 0.4) is 0 Å². The Morgan fingerprint density at radius 3 is 2.71 bits per heavy atom. The van der Waals surface area contributed by atoms with Gasteiger partial charge < -0.3 is 5.32 Å². The quantitative estimate of drug-likeness (QED) is 0.362. The van der Waals surface area contributed by atoms with Crippen LogP contribution in [0.25, 0.3) is 0 Å². The molecule has 0 aliphatic carbocycles. The average molecular weight is 115 g/mol. The molecule has 7 heavy (non-hydrogen) atoms. The number of hydrogen-bond acceptors (Lipinski definition) is 1. The molecule has 0 saturated carbocycles. The van der Waals surface area contributed by atoms with Gasteiger partial charge in [0.2, 0.25) is 0 Å². The Kier molecular flexibility index (Phi) is 1.84. The molecule has 0 saturated heterocycles. The van der Waals surface area contributed by atoms with Gasteiger partial charge in [-0.2, -0.15) is 0 Å². The monoisotopic (exact) mass is 115 g/mol. The van der Waals surface area contributed by atoms with Crippen molar-refractivity contribution < 1.29 is 0 Å². The van der Waals surface area contributed by atoms with E-state index in [4.69, 9.17) is 0 Å². The summed E-state index contributed by atoms with van der Waals surface area (Å²) in [4.78, 5) is 0. The maximum atomic E-state index is 3.26. The summed E-state index contributed by atoms with van der Waals surface area (Å²) >= 11 is 0. The van der Waals surface area contributed by atoms with Gasteiger partial charge in [-0.05, 0) is 6.42 Å². The van der Waals surface area contributed by atoms with Gasteiger partial charge >= 0.3 is 0 Å². The highest BCUT2D eigenvalue weighted by Gasteiger charge is 1.98. The van der Waals surface area contributed by atoms with Crippen LogP contribution in [0.2, 0.25) is 0 Å². The van der Waals surface area contributed by atoms with Crippen LogP contribution in [-0.2, 0) is 0 Å². The fourth-order valence-electron chi connectivity index (χ4n) is 0.629. The van der Waals surface area contributed by atoms with Crippen LogP contribution in [0.15, 0.2) is 12.2 Å². The Balaban J connectivity index is 2.32. The normalized spacial score (nSPS) is 30.7. The van der Waals surface area contributed by atoms with Gasteiger partial charge in [-0.1, -0.05) is 12.2 Å². The molecule has 1 nitrogen and oxygen atoms in total. The van der Waals surface area contributed by atoms with E-state index >= 15 is 0 Å². The highest BCUT2D eigenvalue weighted by atomic mass is 31.0. The zero-order valence-corrected chi connectivity index (χ0v) is 5.38. The van der Waals surface area contributed by atoms with Gasteiger partial charge in [0.05, 0.1) is 0 Å². The molecule has 0 spiro atoms. The van der Waals surface area contributed by atoms with E-state index in [2.05, 4.69) is 26.7 Å². The summed E-state index contributed by atoms with van der Waals surface area (Å²) in [5.74, 6) is 0.616. The molecule has 1 aliphatic rings. The lowest BCUT2D eigenvalue weighted by atomic mass is 10.3. The minimum Gasteiger partial charge on any atom is -0.307 e. The minimum atomic E-state index is 0.616. The van der Waals surface area contributed by atoms with Crippen molar-refractivity contribution in [1.82, 2.24) is 5.32 Å². The van der Waals surface area contributed by atoms with Crippen LogP contribution in [0.5, 0.6) is 0 Å². The van der Waals surface area contributed by atoms with Crippen LogP contribution in [-0.4, -0.2) is 12.3 Å². The molecule has 0 amide bonds. The second-order valence-electron chi connectivity index (χ2n) is 1.72. The molecule has 0 aromatic carbocycles. The first-order valence-electron chi connectivity index (χ1n) is 2.53. The molecule has 40 valence electrons. The van der Waals surface area contributed by atoms with Crippen LogP contribution >= 0.6 is 9.24 Å². The molecule has 1 aliphatic heterocycles. The van der Waals surface area contributed by atoms with Crippen LogP contribution in [0.4, 0.5) is 0 Å². The van der Waals surface area contributed by atoms with E-state index < -0.39 is 0 Å². The standard InChI is InChI=1S/C5H10NP/c7-5-3-1-2-4-6-5/h1-2,5-6H,3-4,7H2. The third-order valence-electron chi connectivity index (χ3n) is 1.05. The number of rotatable bonds is 0. The van der Waals surface area contributed by atoms with Crippen LogP contribution < -0.4 is 5.32 Å². The van der Waals surface area contributed by atoms with E-state index in [9.17, 15) is 0 Å². The first-order chi connectivity index (χ1) is 3.39. The summed E-state index contributed by atoms with van der Waals surface area (Å²) in [5.41, 5.74) is 0. The second kappa shape index (κ2) is 2.44. The Morgan fingerprint density at radius 2 is 2.43 bits per heavy atom. The van der Waals surface area contributed by atoms with Crippen LogP contribution in [0, 0.1) is 0 Å². The largest absolute Gasteiger partial charge is 0.307 e. The molecule has 2 unspecified atom stereocenters. The summed E-state index contributed by atoms with van der Waals surface area (Å²) < 4.78 is 0. The SMILES string of the molecule is PC1CC=CCN1. The Labute approximate surface area is 46.4 Å². The van der Waals surface area contributed by atoms with Gasteiger partial charge in [0.1, 0.15) is 0 Å². The van der Waals surface area contributed by atoms with Crippen molar-refractivity contribution in [3.05, 3.63) is 12.2 Å². The van der Waals surface area contributed by atoms with Crippen molar-refractivity contribution in [1.29, 1.82) is 0 Å². The summed E-state index contributed by atoms with van der Waals surface area (Å²) in [6.45, 7) is 1.04. The highest BCUT2D eigenvalue weighted by Crippen LogP contribution is 2.04. The van der Waals surface area contributed by atoms with Gasteiger partial charge in [-0.25, -0.2) is 0 Å². The molecule has 0 fully saturated rings. The lowest BCUT2D eigenvalue weighted by Crippen LogP contribution is -2.25. The molecular formula is C5H10NP. The predicted molar refractivity (Wildman–Crippen MR) is 35.3 cm³/mol. The van der Waals surface area contributed by atoms with Crippen molar-refractivity contribution in [2.75, 3.05) is 6.54 Å². The maximum absolute atomic E-state index is 3.26. The molecule has 2 atom stereocenters. The van der Waals surface area contributed by atoms with E-state index in [-0.39, 0.29) is 0 Å². The van der Waals surface area contributed by atoms with Gasteiger partial charge in [-0.3, -0.25) is 0 Å². The van der Waals surface area contributed by atoms with Crippen molar-refractivity contribution in [2.45, 2.75) is 12.2 Å². The number of hydrogen-bond donors (Lipinski definition) is 1. The fourth-order valence-corrected chi connectivity index (χ4v) is 0.922. The highest BCUT2D eigenvalue weighted by molar-refractivity contribution is 7.17. The topological polar surface area (TPSA) is 12.0 Å². The Morgan fingerprint density at radius 1 is 1.57 bits per heavy atom. The molecular weight excluding hydrogens is 105 g/mol. The predicted octanol–water partition coefficient (Wildman–Crippen LogP) is 0.737. The Bertz CT molecular complexity index is 80.1. The third kappa shape index (κ3) is 1.58. The zero-order chi connectivity index (χ0) is 5.11. The van der Waals surface area contributed by atoms with Gasteiger partial charge in [0, 0.05) is 12.3 Å². The summed E-state index contributed by atoms with van der Waals surface area (Å²) in [5, 5.41) is 3.26. The fraction of sp³-hybridized carbons (Fsp3) is 0.600. The average Bonchev–Trinajstić information content (AvgIpc) is 1.69. The second-order valence-corrected chi connectivity index (χ2v) is 2.53. The zero-order valence-electron chi connectivity index (χ0n) is 4.22. The molecule has 0 aromatic heterocycles. The van der Waals surface area contributed by atoms with Gasteiger partial charge in [0.15, 0.2) is 0 Å². The van der Waals surface area contributed by atoms with E-state index in [1.807, 2.05) is 0 Å². The summed E-state index contributed by atoms with van der Waals surface area (Å²) in [6.07, 6.45) is 5.51. The van der Waals surface area contributed by atoms with E-state index in [1.165, 1.54) is 0 Å². The van der Waals surface area contributed by atoms with Crippen molar-refractivity contribution in [3.8, 4) is 0 Å². The van der Waals surface area contributed by atoms with Crippen molar-refractivity contribution in [3.63, 3.8) is 0 Å². The van der Waals surface area contributed by atoms with Gasteiger partial charge in [-0.15, -0.1) is 9.24 Å². The third-order valence-corrected chi connectivity index (χ3v) is 1.56. The minimum absolute atomic E-state index is 0.616. The molecule has 1 rings (SSSR count). The molecule has 1 heterocycles. The lowest BCUT2D eigenvalue weighted by Gasteiger charge is -2.12. The smallest absolute Gasteiger partial charge is 0.0248 e. The summed E-state index contributed by atoms with van der Waals surface area (Å²) in [7, 11) is 2.74. The van der Waals surface area contributed by atoms with E-state index in [0.717, 1.165) is 13.0 Å². The number of nitrogens with one attached hydrogen (secondary N) is 1. The van der Waals surface area contributed by atoms with E-state index in [0.29, 0.717) is 5.78 Å². The van der Waals surface area contributed by atoms with Gasteiger partial charge in [0.25, 0.3) is 0 Å². The van der Waals surface area contributed by atoms with Crippen molar-refractivity contribution >= 4 is 9.24 Å². The summed E-state index contributed by atoms with van der Waals surface area (Å²) in [6, 6.07) is 0. The molecule has 1 N–H and O–H groups in total. The molecule has 0 radical (unpaired) electrons. The first-order valence-corrected chi connectivity index (χ1v) is 3.20. The van der Waals surface area contributed by atoms with Crippen molar-refractivity contribution in [2.24, 2.45) is 0 Å². The van der Waals surface area contributed by atoms with E-state index in [1.54, 1.807) is 0 Å². The molecule has 2 heteroatoms. The first kappa shape index (κ1) is 5.27. The maximum Gasteiger partial charge on any atom is 0.0248 e. The Hall–Kier alpha value is 0.130. The lowest BCUT2D eigenvalue weighted by molar-refractivity contribution is 0.681. The molecule has 0 aromatic rings. The molecule has 0 bridgehead atoms.